The van der Waals surface area contributed by atoms with Gasteiger partial charge < -0.3 is 10.1 Å². The zero-order chi connectivity index (χ0) is 26.0. The molecule has 1 amide bonds. The molecule has 0 aromatic heterocycles. The van der Waals surface area contributed by atoms with Gasteiger partial charge in [0, 0.05) is 29.1 Å². The summed E-state index contributed by atoms with van der Waals surface area (Å²) in [6.07, 6.45) is 2.16. The molecule has 1 heterocycles. The summed E-state index contributed by atoms with van der Waals surface area (Å²) >= 11 is 6.32. The first-order chi connectivity index (χ1) is 16.3. The lowest BCUT2D eigenvalue weighted by atomic mass is 9.98. The van der Waals surface area contributed by atoms with E-state index in [2.05, 4.69) is 10.3 Å². The van der Waals surface area contributed by atoms with Crippen LogP contribution < -0.4 is 10.1 Å². The van der Waals surface area contributed by atoms with Gasteiger partial charge in [0.15, 0.2) is 27.2 Å². The largest absolute Gasteiger partial charge is 0.475 e. The van der Waals surface area contributed by atoms with Gasteiger partial charge in [-0.05, 0) is 43.9 Å². The molecule has 10 heteroatoms. The number of carbonyl (C=O) groups is 1. The number of carbonyl (C=O) groups excluding carboxylic acids is 1. The van der Waals surface area contributed by atoms with Crippen molar-refractivity contribution in [2.45, 2.75) is 51.0 Å². The zero-order valence-corrected chi connectivity index (χ0v) is 21.4. The second-order valence-corrected chi connectivity index (χ2v) is 11.6. The number of aliphatic imine (C=N–C) groups is 1. The van der Waals surface area contributed by atoms with Gasteiger partial charge in [-0.1, -0.05) is 37.6 Å². The number of hydrogen-bond donors (Lipinski definition) is 1. The van der Waals surface area contributed by atoms with E-state index in [4.69, 9.17) is 16.3 Å². The van der Waals surface area contributed by atoms with E-state index in [1.165, 1.54) is 24.3 Å². The smallest absolute Gasteiger partial charge is 0.228 e. The van der Waals surface area contributed by atoms with Crippen LogP contribution in [0.3, 0.4) is 0 Å². The Balaban J connectivity index is 1.71. The van der Waals surface area contributed by atoms with Crippen LogP contribution in [0.25, 0.3) is 0 Å². The van der Waals surface area contributed by atoms with Crippen LogP contribution in [0.4, 0.5) is 14.5 Å². The van der Waals surface area contributed by atoms with Crippen molar-refractivity contribution in [1.29, 1.82) is 0 Å². The molecule has 0 aliphatic carbocycles. The Morgan fingerprint density at radius 3 is 2.34 bits per heavy atom. The van der Waals surface area contributed by atoms with Crippen molar-refractivity contribution >= 4 is 39.2 Å². The molecule has 2 aromatic carbocycles. The van der Waals surface area contributed by atoms with Crippen molar-refractivity contribution in [2.75, 3.05) is 11.1 Å². The number of benzene rings is 2. The highest BCUT2D eigenvalue weighted by atomic mass is 35.5. The fourth-order valence-electron chi connectivity index (χ4n) is 3.59. The molecule has 6 nitrogen and oxygen atoms in total. The average molecular weight is 525 g/mol. The van der Waals surface area contributed by atoms with E-state index in [9.17, 15) is 22.0 Å². The molecule has 0 radical (unpaired) electrons. The number of ether oxygens (including phenoxy) is 1. The summed E-state index contributed by atoms with van der Waals surface area (Å²) in [6.45, 7) is 6.73. The van der Waals surface area contributed by atoms with Crippen molar-refractivity contribution in [3.8, 4) is 5.75 Å². The van der Waals surface area contributed by atoms with Crippen LogP contribution in [0.15, 0.2) is 57.0 Å². The maximum atomic E-state index is 14.8. The Hall–Kier alpha value is -2.78. The maximum Gasteiger partial charge on any atom is 0.228 e. The molecule has 2 aromatic rings. The monoisotopic (exact) mass is 524 g/mol. The highest BCUT2D eigenvalue weighted by Crippen LogP contribution is 2.36. The van der Waals surface area contributed by atoms with Gasteiger partial charge in [-0.25, -0.2) is 17.2 Å². The summed E-state index contributed by atoms with van der Waals surface area (Å²) < 4.78 is 59.0. The average Bonchev–Trinajstić information content (AvgIpc) is 2.76. The third-order valence-corrected chi connectivity index (χ3v) is 7.54. The molecule has 0 bridgehead atoms. The summed E-state index contributed by atoms with van der Waals surface area (Å²) in [5.41, 5.74) is -0.335. The normalized spacial score (nSPS) is 16.4. The van der Waals surface area contributed by atoms with E-state index in [0.29, 0.717) is 22.7 Å². The Bertz CT molecular complexity index is 1270. The highest BCUT2D eigenvalue weighted by molar-refractivity contribution is 7.91. The standard InChI is InChI=1S/C25H27ClF2N2O4S/c1-5-35(32,33)18-8-6-16(7-9-18)11-22(31)30-17-12-20(27)23(21(28)13-17)34-25(3,4)24-19(26)10-15(2)14-29-24/h6-9,12-15H,5,10-11H2,1-4H3,(H,30,31). The van der Waals surface area contributed by atoms with E-state index in [0.717, 1.165) is 12.1 Å². The number of nitrogens with zero attached hydrogens (tertiary/aromatic N) is 1. The first kappa shape index (κ1) is 26.8. The maximum absolute atomic E-state index is 14.8. The molecular weight excluding hydrogens is 498 g/mol. The molecule has 0 saturated carbocycles. The molecule has 188 valence electrons. The fraction of sp³-hybridized carbons (Fsp3) is 0.360. The third kappa shape index (κ3) is 6.46. The number of nitrogens with one attached hydrogen (secondary N) is 1. The van der Waals surface area contributed by atoms with Gasteiger partial charge in [0.25, 0.3) is 0 Å². The first-order valence-corrected chi connectivity index (χ1v) is 13.1. The Morgan fingerprint density at radius 2 is 1.80 bits per heavy atom. The number of anilines is 1. The second-order valence-electron chi connectivity index (χ2n) is 8.87. The molecule has 35 heavy (non-hydrogen) atoms. The summed E-state index contributed by atoms with van der Waals surface area (Å²) in [5, 5.41) is 2.91. The SMILES string of the molecule is CCS(=O)(=O)c1ccc(CC(=O)Nc2cc(F)c(OC(C)(C)C3=C(Cl)CC(C)C=N3)c(F)c2)cc1. The van der Waals surface area contributed by atoms with E-state index in [1.807, 2.05) is 6.92 Å². The van der Waals surface area contributed by atoms with Gasteiger partial charge in [0.1, 0.15) is 5.60 Å². The van der Waals surface area contributed by atoms with Crippen molar-refractivity contribution in [2.24, 2.45) is 10.9 Å². The van der Waals surface area contributed by atoms with Gasteiger partial charge in [0.2, 0.25) is 5.91 Å². The summed E-state index contributed by atoms with van der Waals surface area (Å²) in [7, 11) is -3.35. The predicted octanol–water partition coefficient (Wildman–Crippen LogP) is 5.66. The quantitative estimate of drug-likeness (QED) is 0.483. The van der Waals surface area contributed by atoms with Crippen LogP contribution in [0, 0.1) is 17.6 Å². The van der Waals surface area contributed by atoms with E-state index in [1.54, 1.807) is 27.0 Å². The van der Waals surface area contributed by atoms with Crippen molar-refractivity contribution in [3.63, 3.8) is 0 Å². The molecule has 1 atom stereocenters. The van der Waals surface area contributed by atoms with E-state index in [-0.39, 0.29) is 28.7 Å². The van der Waals surface area contributed by atoms with Crippen molar-refractivity contribution in [1.82, 2.24) is 0 Å². The summed E-state index contributed by atoms with van der Waals surface area (Å²) in [6, 6.07) is 7.82. The number of amides is 1. The predicted molar refractivity (Wildman–Crippen MR) is 133 cm³/mol. The van der Waals surface area contributed by atoms with Crippen LogP contribution in [0.5, 0.6) is 5.75 Å². The minimum atomic E-state index is -3.35. The van der Waals surface area contributed by atoms with Gasteiger partial charge in [-0.15, -0.1) is 0 Å². The molecule has 1 aliphatic heterocycles. The molecule has 1 N–H and O–H groups in total. The molecular formula is C25H27ClF2N2O4S. The minimum absolute atomic E-state index is 0.0299. The second kappa shape index (κ2) is 10.5. The molecule has 0 saturated heterocycles. The van der Waals surface area contributed by atoms with Crippen molar-refractivity contribution in [3.05, 3.63) is 64.3 Å². The number of sulfone groups is 1. The summed E-state index contributed by atoms with van der Waals surface area (Å²) in [4.78, 5) is 16.8. The lowest BCUT2D eigenvalue weighted by molar-refractivity contribution is -0.115. The molecule has 3 rings (SSSR count). The zero-order valence-electron chi connectivity index (χ0n) is 19.9. The number of allylic oxidation sites excluding steroid dienone is 1. The highest BCUT2D eigenvalue weighted by Gasteiger charge is 2.32. The van der Waals surface area contributed by atoms with Crippen LogP contribution in [-0.2, 0) is 21.1 Å². The molecule has 0 spiro atoms. The Kier molecular flexibility index (Phi) is 8.01. The topological polar surface area (TPSA) is 84.8 Å². The minimum Gasteiger partial charge on any atom is -0.475 e. The van der Waals surface area contributed by atoms with Crippen LogP contribution in [0.1, 0.15) is 39.7 Å². The van der Waals surface area contributed by atoms with E-state index >= 15 is 0 Å². The van der Waals surface area contributed by atoms with Gasteiger partial charge >= 0.3 is 0 Å². The molecule has 1 unspecified atom stereocenters. The van der Waals surface area contributed by atoms with Gasteiger partial charge in [0.05, 0.1) is 22.8 Å². The van der Waals surface area contributed by atoms with Gasteiger partial charge in [-0.3, -0.25) is 9.79 Å². The van der Waals surface area contributed by atoms with Crippen LogP contribution >= 0.6 is 11.6 Å². The lowest BCUT2D eigenvalue weighted by Gasteiger charge is -2.30. The molecule has 1 aliphatic rings. The fourth-order valence-corrected chi connectivity index (χ4v) is 4.99. The Morgan fingerprint density at radius 1 is 1.20 bits per heavy atom. The number of rotatable bonds is 8. The van der Waals surface area contributed by atoms with Gasteiger partial charge in [-0.2, -0.15) is 0 Å². The van der Waals surface area contributed by atoms with Crippen LogP contribution in [-0.4, -0.2) is 31.9 Å². The molecule has 0 fully saturated rings. The number of hydrogen-bond acceptors (Lipinski definition) is 5. The first-order valence-electron chi connectivity index (χ1n) is 11.1. The Labute approximate surface area is 209 Å². The van der Waals surface area contributed by atoms with Crippen LogP contribution in [0.2, 0.25) is 0 Å². The van der Waals surface area contributed by atoms with Crippen molar-refractivity contribution < 1.29 is 26.7 Å². The lowest BCUT2D eigenvalue weighted by Crippen LogP contribution is -2.33. The summed E-state index contributed by atoms with van der Waals surface area (Å²) in [5.74, 6) is -2.99. The number of halogens is 3. The van der Waals surface area contributed by atoms with E-state index < -0.39 is 38.7 Å². The third-order valence-electron chi connectivity index (χ3n) is 5.45.